The summed E-state index contributed by atoms with van der Waals surface area (Å²) in [7, 11) is 0. The Morgan fingerprint density at radius 2 is 1.79 bits per heavy atom. The van der Waals surface area contributed by atoms with Gasteiger partial charge in [-0.1, -0.05) is 45.8 Å². The third-order valence-corrected chi connectivity index (χ3v) is 3.99. The summed E-state index contributed by atoms with van der Waals surface area (Å²) in [6.45, 7) is 4.08. The van der Waals surface area contributed by atoms with Crippen LogP contribution in [0, 0.1) is 25.5 Å². The lowest BCUT2D eigenvalue weighted by Crippen LogP contribution is -2.01. The van der Waals surface area contributed by atoms with Crippen LogP contribution >= 0.6 is 15.9 Å². The minimum atomic E-state index is -0.543. The van der Waals surface area contributed by atoms with E-state index in [0.717, 1.165) is 11.6 Å². The molecule has 3 heteroatoms. The summed E-state index contributed by atoms with van der Waals surface area (Å²) in [5.74, 6) is -1.03. The molecule has 0 saturated heterocycles. The maximum Gasteiger partial charge on any atom is 0.129 e. The van der Waals surface area contributed by atoms with Crippen molar-refractivity contribution in [2.75, 3.05) is 0 Å². The average molecular weight is 325 g/mol. The number of aryl methyl sites for hydroxylation is 2. The predicted octanol–water partition coefficient (Wildman–Crippen LogP) is 5.26. The Morgan fingerprint density at radius 3 is 2.42 bits per heavy atom. The Kier molecular flexibility index (Phi) is 4.35. The lowest BCUT2D eigenvalue weighted by atomic mass is 9.98. The Hall–Kier alpha value is -1.22. The van der Waals surface area contributed by atoms with Gasteiger partial charge in [0.2, 0.25) is 0 Å². The van der Waals surface area contributed by atoms with Crippen molar-refractivity contribution in [3.05, 3.63) is 70.3 Å². The summed E-state index contributed by atoms with van der Waals surface area (Å²) in [5.41, 5.74) is 4.02. The highest BCUT2D eigenvalue weighted by atomic mass is 79.9. The third kappa shape index (κ3) is 3.41. The van der Waals surface area contributed by atoms with E-state index in [4.69, 9.17) is 0 Å². The second kappa shape index (κ2) is 5.83. The van der Waals surface area contributed by atoms with Crippen LogP contribution in [0.1, 0.15) is 27.1 Å². The molecule has 0 aliphatic heterocycles. The van der Waals surface area contributed by atoms with Gasteiger partial charge in [0.15, 0.2) is 0 Å². The van der Waals surface area contributed by atoms with Crippen LogP contribution in [-0.4, -0.2) is 0 Å². The summed E-state index contributed by atoms with van der Waals surface area (Å²) >= 11 is 3.59. The third-order valence-electron chi connectivity index (χ3n) is 3.18. The second-order valence-corrected chi connectivity index (χ2v) is 5.87. The van der Waals surface area contributed by atoms with Gasteiger partial charge in [-0.05, 0) is 43.0 Å². The number of halogens is 3. The monoisotopic (exact) mass is 324 g/mol. The van der Waals surface area contributed by atoms with Crippen molar-refractivity contribution in [3.63, 3.8) is 0 Å². The molecule has 0 heterocycles. The number of benzene rings is 2. The maximum atomic E-state index is 13.6. The van der Waals surface area contributed by atoms with Crippen molar-refractivity contribution in [2.24, 2.45) is 0 Å². The van der Waals surface area contributed by atoms with E-state index in [0.29, 0.717) is 12.0 Å². The van der Waals surface area contributed by atoms with Crippen molar-refractivity contribution in [1.29, 1.82) is 0 Å². The molecular formula is C16H15BrF2. The largest absolute Gasteiger partial charge is 0.207 e. The van der Waals surface area contributed by atoms with E-state index in [1.807, 2.05) is 26.0 Å². The molecule has 2 aromatic carbocycles. The summed E-state index contributed by atoms with van der Waals surface area (Å²) in [5, 5.41) is 0. The van der Waals surface area contributed by atoms with Gasteiger partial charge in [-0.25, -0.2) is 8.78 Å². The quantitative estimate of drug-likeness (QED) is 0.675. The van der Waals surface area contributed by atoms with Gasteiger partial charge >= 0.3 is 0 Å². The van der Waals surface area contributed by atoms with Crippen molar-refractivity contribution in [3.8, 4) is 0 Å². The van der Waals surface area contributed by atoms with E-state index < -0.39 is 11.6 Å². The molecule has 0 aliphatic carbocycles. The SMILES string of the molecule is Cc1ccc(C(Br)Cc2ccc(F)cc2F)c(C)c1. The van der Waals surface area contributed by atoms with Crippen molar-refractivity contribution in [2.45, 2.75) is 25.1 Å². The summed E-state index contributed by atoms with van der Waals surface area (Å²) in [4.78, 5) is 0.0214. The first-order valence-electron chi connectivity index (χ1n) is 6.12. The molecule has 100 valence electrons. The maximum absolute atomic E-state index is 13.6. The summed E-state index contributed by atoms with van der Waals surface area (Å²) < 4.78 is 26.5. The molecule has 0 spiro atoms. The Labute approximate surface area is 120 Å². The number of hydrogen-bond donors (Lipinski definition) is 0. The number of hydrogen-bond acceptors (Lipinski definition) is 0. The fourth-order valence-corrected chi connectivity index (χ4v) is 3.03. The van der Waals surface area contributed by atoms with Crippen LogP contribution < -0.4 is 0 Å². The van der Waals surface area contributed by atoms with Crippen LogP contribution in [0.25, 0.3) is 0 Å². The molecule has 2 aromatic rings. The first-order valence-corrected chi connectivity index (χ1v) is 7.04. The standard InChI is InChI=1S/C16H15BrF2/c1-10-3-6-14(11(2)7-10)15(17)8-12-4-5-13(18)9-16(12)19/h3-7,9,15H,8H2,1-2H3. The van der Waals surface area contributed by atoms with Crippen LogP contribution in [0.4, 0.5) is 8.78 Å². The molecule has 0 aliphatic rings. The lowest BCUT2D eigenvalue weighted by Gasteiger charge is -2.14. The number of alkyl halides is 1. The molecular weight excluding hydrogens is 310 g/mol. The fourth-order valence-electron chi connectivity index (χ4n) is 2.17. The minimum absolute atomic E-state index is 0.0214. The zero-order valence-electron chi connectivity index (χ0n) is 10.9. The van der Waals surface area contributed by atoms with Gasteiger partial charge in [-0.2, -0.15) is 0 Å². The van der Waals surface area contributed by atoms with E-state index in [1.165, 1.54) is 23.3 Å². The van der Waals surface area contributed by atoms with Gasteiger partial charge < -0.3 is 0 Å². The Morgan fingerprint density at radius 1 is 1.05 bits per heavy atom. The smallest absolute Gasteiger partial charge is 0.129 e. The van der Waals surface area contributed by atoms with Crippen LogP contribution in [0.5, 0.6) is 0 Å². The average Bonchev–Trinajstić information content (AvgIpc) is 2.32. The van der Waals surface area contributed by atoms with E-state index in [-0.39, 0.29) is 4.83 Å². The molecule has 0 amide bonds. The van der Waals surface area contributed by atoms with E-state index in [1.54, 1.807) is 0 Å². The molecule has 0 N–H and O–H groups in total. The molecule has 19 heavy (non-hydrogen) atoms. The lowest BCUT2D eigenvalue weighted by molar-refractivity contribution is 0.571. The summed E-state index contributed by atoms with van der Waals surface area (Å²) in [6.07, 6.45) is 0.496. The molecule has 0 fully saturated rings. The number of rotatable bonds is 3. The minimum Gasteiger partial charge on any atom is -0.207 e. The van der Waals surface area contributed by atoms with E-state index >= 15 is 0 Å². The normalized spacial score (nSPS) is 12.5. The van der Waals surface area contributed by atoms with Crippen molar-refractivity contribution < 1.29 is 8.78 Å². The van der Waals surface area contributed by atoms with Crippen LogP contribution in [0.3, 0.4) is 0 Å². The Balaban J connectivity index is 2.23. The zero-order valence-corrected chi connectivity index (χ0v) is 12.5. The van der Waals surface area contributed by atoms with Crippen LogP contribution in [0.2, 0.25) is 0 Å². The molecule has 2 rings (SSSR count). The molecule has 0 aromatic heterocycles. The topological polar surface area (TPSA) is 0 Å². The second-order valence-electron chi connectivity index (χ2n) is 4.77. The van der Waals surface area contributed by atoms with Crippen LogP contribution in [-0.2, 0) is 6.42 Å². The van der Waals surface area contributed by atoms with Gasteiger partial charge in [-0.3, -0.25) is 0 Å². The molecule has 0 saturated carbocycles. The van der Waals surface area contributed by atoms with Gasteiger partial charge in [0.1, 0.15) is 11.6 Å². The van der Waals surface area contributed by atoms with Crippen LogP contribution in [0.15, 0.2) is 36.4 Å². The highest BCUT2D eigenvalue weighted by molar-refractivity contribution is 9.09. The van der Waals surface area contributed by atoms with Gasteiger partial charge in [0.05, 0.1) is 0 Å². The fraction of sp³-hybridized carbons (Fsp3) is 0.250. The van der Waals surface area contributed by atoms with Gasteiger partial charge in [-0.15, -0.1) is 0 Å². The first kappa shape index (κ1) is 14.2. The molecule has 1 unspecified atom stereocenters. The molecule has 0 radical (unpaired) electrons. The molecule has 0 bridgehead atoms. The molecule has 0 nitrogen and oxygen atoms in total. The highest BCUT2D eigenvalue weighted by Gasteiger charge is 2.14. The van der Waals surface area contributed by atoms with Gasteiger partial charge in [0, 0.05) is 10.9 Å². The van der Waals surface area contributed by atoms with E-state index in [9.17, 15) is 8.78 Å². The highest BCUT2D eigenvalue weighted by Crippen LogP contribution is 2.30. The van der Waals surface area contributed by atoms with Crippen molar-refractivity contribution >= 4 is 15.9 Å². The first-order chi connectivity index (χ1) is 8.97. The van der Waals surface area contributed by atoms with Crippen molar-refractivity contribution in [1.82, 2.24) is 0 Å². The van der Waals surface area contributed by atoms with E-state index in [2.05, 4.69) is 22.0 Å². The Bertz CT molecular complexity index is 593. The zero-order chi connectivity index (χ0) is 14.0. The molecule has 1 atom stereocenters. The predicted molar refractivity (Wildman–Crippen MR) is 77.6 cm³/mol. The van der Waals surface area contributed by atoms with Gasteiger partial charge in [0.25, 0.3) is 0 Å². The summed E-state index contributed by atoms with van der Waals surface area (Å²) in [6, 6.07) is 9.91.